The summed E-state index contributed by atoms with van der Waals surface area (Å²) in [5, 5.41) is 2.17. The minimum absolute atomic E-state index is 0.360. The number of aryl methyl sites for hydroxylation is 1. The molecule has 2 heterocycles. The maximum Gasteiger partial charge on any atom is 0.227 e. The van der Waals surface area contributed by atoms with E-state index in [0.29, 0.717) is 17.5 Å². The van der Waals surface area contributed by atoms with Crippen molar-refractivity contribution in [2.24, 2.45) is 4.99 Å². The van der Waals surface area contributed by atoms with Crippen molar-refractivity contribution in [3.8, 4) is 0 Å². The summed E-state index contributed by atoms with van der Waals surface area (Å²) in [4.78, 5) is 9.07. The lowest BCUT2D eigenvalue weighted by Gasteiger charge is -2.08. The van der Waals surface area contributed by atoms with E-state index in [0.717, 1.165) is 44.3 Å². The molecule has 0 unspecified atom stereocenters. The van der Waals surface area contributed by atoms with Gasteiger partial charge in [0.05, 0.1) is 0 Å². The molecule has 3 nitrogen and oxygen atoms in total. The standard InChI is InChI=1S/C31H34N2O/c1-19(2)23-11-13-24(14-12-23)25(18-32-7)10-8-21(5)29-22(6)9-15-26-27-16-17-28(20(3)4)33-31(27)34-30(26)29/h8-20H,1-7H3/b21-8+,25-10+,32-18+. The fourth-order valence-corrected chi connectivity index (χ4v) is 4.36. The first-order chi connectivity index (χ1) is 16.3. The summed E-state index contributed by atoms with van der Waals surface area (Å²) in [6.45, 7) is 13.0. The number of benzene rings is 2. The molecule has 2 aromatic heterocycles. The Morgan fingerprint density at radius 2 is 1.59 bits per heavy atom. The molecule has 4 aromatic rings. The predicted octanol–water partition coefficient (Wildman–Crippen LogP) is 8.72. The monoisotopic (exact) mass is 450 g/mol. The minimum atomic E-state index is 0.360. The van der Waals surface area contributed by atoms with Gasteiger partial charge in [-0.3, -0.25) is 4.99 Å². The number of pyridine rings is 1. The molecule has 34 heavy (non-hydrogen) atoms. The summed E-state index contributed by atoms with van der Waals surface area (Å²) in [7, 11) is 1.81. The first kappa shape index (κ1) is 23.7. The molecule has 0 aliphatic heterocycles. The molecule has 0 saturated carbocycles. The number of nitrogens with zero attached hydrogens (tertiary/aromatic N) is 2. The average molecular weight is 451 g/mol. The highest BCUT2D eigenvalue weighted by Gasteiger charge is 2.16. The molecule has 0 saturated heterocycles. The lowest BCUT2D eigenvalue weighted by atomic mass is 9.96. The number of aromatic nitrogens is 1. The number of hydrogen-bond acceptors (Lipinski definition) is 3. The smallest absolute Gasteiger partial charge is 0.227 e. The second-order valence-electron chi connectivity index (χ2n) is 9.62. The Kier molecular flexibility index (Phi) is 6.83. The van der Waals surface area contributed by atoms with Crippen LogP contribution < -0.4 is 0 Å². The maximum atomic E-state index is 6.35. The number of fused-ring (bicyclic) bond motifs is 3. The van der Waals surface area contributed by atoms with Crippen molar-refractivity contribution in [3.05, 3.63) is 88.6 Å². The van der Waals surface area contributed by atoms with Gasteiger partial charge in [0, 0.05) is 35.3 Å². The molecule has 0 atom stereocenters. The van der Waals surface area contributed by atoms with Gasteiger partial charge in [0.2, 0.25) is 5.71 Å². The predicted molar refractivity (Wildman–Crippen MR) is 147 cm³/mol. The summed E-state index contributed by atoms with van der Waals surface area (Å²) in [5.74, 6) is 0.876. The van der Waals surface area contributed by atoms with Crippen LogP contribution in [-0.4, -0.2) is 18.2 Å². The van der Waals surface area contributed by atoms with E-state index in [9.17, 15) is 0 Å². The number of hydrogen-bond donors (Lipinski definition) is 0. The van der Waals surface area contributed by atoms with Gasteiger partial charge in [-0.15, -0.1) is 0 Å². The highest BCUT2D eigenvalue weighted by Crippen LogP contribution is 2.35. The Morgan fingerprint density at radius 3 is 2.24 bits per heavy atom. The van der Waals surface area contributed by atoms with E-state index in [1.54, 1.807) is 0 Å². The van der Waals surface area contributed by atoms with E-state index in [4.69, 9.17) is 9.40 Å². The van der Waals surface area contributed by atoms with Crippen LogP contribution in [0.25, 0.3) is 33.2 Å². The van der Waals surface area contributed by atoms with Crippen LogP contribution in [0.4, 0.5) is 0 Å². The van der Waals surface area contributed by atoms with Crippen LogP contribution in [0.5, 0.6) is 0 Å². The third kappa shape index (κ3) is 4.61. The number of aliphatic imine (C=N–C) groups is 1. The van der Waals surface area contributed by atoms with Gasteiger partial charge < -0.3 is 4.42 Å². The second-order valence-corrected chi connectivity index (χ2v) is 9.62. The van der Waals surface area contributed by atoms with E-state index in [2.05, 4.69) is 107 Å². The third-order valence-corrected chi connectivity index (χ3v) is 6.41. The molecule has 4 rings (SSSR count). The topological polar surface area (TPSA) is 38.4 Å². The zero-order chi connectivity index (χ0) is 24.4. The SMILES string of the molecule is C/N=C/C(=C\C=C(/C)c1c(C)ccc2c1oc1nc(C(C)C)ccc12)c1ccc(C(C)C)cc1. The normalized spacial score (nSPS) is 13.3. The molecule has 0 aliphatic carbocycles. The zero-order valence-corrected chi connectivity index (χ0v) is 21.3. The molecule has 0 spiro atoms. The van der Waals surface area contributed by atoms with E-state index < -0.39 is 0 Å². The van der Waals surface area contributed by atoms with Crippen molar-refractivity contribution in [1.82, 2.24) is 4.98 Å². The van der Waals surface area contributed by atoms with Gasteiger partial charge in [0.25, 0.3) is 0 Å². The minimum Gasteiger partial charge on any atom is -0.437 e. The highest BCUT2D eigenvalue weighted by molar-refractivity contribution is 6.11. The van der Waals surface area contributed by atoms with Crippen LogP contribution in [0.1, 0.15) is 74.4 Å². The largest absolute Gasteiger partial charge is 0.437 e. The molecule has 0 amide bonds. The number of furan rings is 1. The van der Waals surface area contributed by atoms with E-state index in [-0.39, 0.29) is 0 Å². The lowest BCUT2D eigenvalue weighted by Crippen LogP contribution is -1.91. The average Bonchev–Trinajstić information content (AvgIpc) is 3.19. The summed E-state index contributed by atoms with van der Waals surface area (Å²) in [6.07, 6.45) is 6.22. The van der Waals surface area contributed by atoms with Crippen molar-refractivity contribution < 1.29 is 4.42 Å². The van der Waals surface area contributed by atoms with Crippen LogP contribution in [0.3, 0.4) is 0 Å². The molecular formula is C31H34N2O. The molecule has 0 aliphatic rings. The molecule has 3 heteroatoms. The van der Waals surface area contributed by atoms with Crippen LogP contribution in [0.15, 0.2) is 70.1 Å². The summed E-state index contributed by atoms with van der Waals surface area (Å²) in [5.41, 5.74) is 9.69. The maximum absolute atomic E-state index is 6.35. The Hall–Kier alpha value is -3.46. The van der Waals surface area contributed by atoms with Crippen LogP contribution in [0.2, 0.25) is 0 Å². The summed E-state index contributed by atoms with van der Waals surface area (Å²) >= 11 is 0. The first-order valence-electron chi connectivity index (χ1n) is 12.0. The van der Waals surface area contributed by atoms with Gasteiger partial charge in [-0.2, -0.15) is 0 Å². The Labute approximate surface area is 202 Å². The zero-order valence-electron chi connectivity index (χ0n) is 21.3. The quantitative estimate of drug-likeness (QED) is 0.217. The molecule has 0 radical (unpaired) electrons. The number of allylic oxidation sites excluding steroid dienone is 4. The van der Waals surface area contributed by atoms with Crippen LogP contribution in [-0.2, 0) is 0 Å². The Balaban J connectivity index is 1.80. The Bertz CT molecular complexity index is 1410. The molecule has 174 valence electrons. The van der Waals surface area contributed by atoms with Crippen LogP contribution >= 0.6 is 0 Å². The van der Waals surface area contributed by atoms with Gasteiger partial charge in [-0.05, 0) is 65.7 Å². The van der Waals surface area contributed by atoms with E-state index in [1.165, 1.54) is 11.1 Å². The Morgan fingerprint density at radius 1 is 0.882 bits per heavy atom. The first-order valence-corrected chi connectivity index (χ1v) is 12.0. The fourth-order valence-electron chi connectivity index (χ4n) is 4.36. The van der Waals surface area contributed by atoms with Gasteiger partial charge in [0.15, 0.2) is 0 Å². The number of rotatable bonds is 6. The molecule has 0 fully saturated rings. The van der Waals surface area contributed by atoms with Crippen molar-refractivity contribution in [3.63, 3.8) is 0 Å². The van der Waals surface area contributed by atoms with Crippen LogP contribution in [0, 0.1) is 6.92 Å². The van der Waals surface area contributed by atoms with Crippen molar-refractivity contribution in [1.29, 1.82) is 0 Å². The van der Waals surface area contributed by atoms with Crippen molar-refractivity contribution in [2.45, 2.75) is 53.4 Å². The fraction of sp³-hybridized carbons (Fsp3) is 0.290. The lowest BCUT2D eigenvalue weighted by molar-refractivity contribution is 0.646. The third-order valence-electron chi connectivity index (χ3n) is 6.41. The van der Waals surface area contributed by atoms with E-state index >= 15 is 0 Å². The molecule has 0 N–H and O–H groups in total. The van der Waals surface area contributed by atoms with E-state index in [1.807, 2.05) is 13.3 Å². The summed E-state index contributed by atoms with van der Waals surface area (Å²) < 4.78 is 6.35. The molecule has 2 aromatic carbocycles. The van der Waals surface area contributed by atoms with Crippen molar-refractivity contribution in [2.75, 3.05) is 7.05 Å². The van der Waals surface area contributed by atoms with Gasteiger partial charge >= 0.3 is 0 Å². The molecule has 0 bridgehead atoms. The van der Waals surface area contributed by atoms with Crippen molar-refractivity contribution >= 4 is 39.4 Å². The van der Waals surface area contributed by atoms with Gasteiger partial charge in [0.1, 0.15) is 5.58 Å². The summed E-state index contributed by atoms with van der Waals surface area (Å²) in [6, 6.07) is 17.3. The van der Waals surface area contributed by atoms with Gasteiger partial charge in [-0.25, -0.2) is 4.98 Å². The van der Waals surface area contributed by atoms with Gasteiger partial charge in [-0.1, -0.05) is 76.2 Å². The second kappa shape index (κ2) is 9.80. The molecular weight excluding hydrogens is 416 g/mol. The highest BCUT2D eigenvalue weighted by atomic mass is 16.3.